The monoisotopic (exact) mass is 347 g/mol. The molecule has 1 amide bonds. The Morgan fingerprint density at radius 3 is 2.72 bits per heavy atom. The first kappa shape index (κ1) is 19.0. The van der Waals surface area contributed by atoms with Crippen molar-refractivity contribution in [3.63, 3.8) is 0 Å². The fourth-order valence-corrected chi connectivity index (χ4v) is 2.78. The molecule has 0 aliphatic heterocycles. The van der Waals surface area contributed by atoms with Crippen molar-refractivity contribution in [2.45, 2.75) is 26.2 Å². The van der Waals surface area contributed by atoms with Crippen molar-refractivity contribution < 1.29 is 18.7 Å². The van der Waals surface area contributed by atoms with Gasteiger partial charge in [-0.15, -0.1) is 0 Å². The van der Waals surface area contributed by atoms with Gasteiger partial charge < -0.3 is 18.8 Å². The first-order valence-corrected chi connectivity index (χ1v) is 8.31. The minimum atomic E-state index is -0.395. The molecule has 2 aromatic rings. The van der Waals surface area contributed by atoms with E-state index in [-0.39, 0.29) is 12.3 Å². The van der Waals surface area contributed by atoms with E-state index >= 15 is 0 Å². The molecule has 25 heavy (non-hydrogen) atoms. The lowest BCUT2D eigenvalue weighted by atomic mass is 10.0. The van der Waals surface area contributed by atoms with Crippen molar-refractivity contribution in [1.82, 2.24) is 4.90 Å². The standard InChI is InChI=1S/C19H25NO5/c1-13-15-7-6-14(24-4)12-17(15)25-19(22)16(13)8-9-18(21)20(2)10-5-11-23-3/h6-7,12H,5,8-11H2,1-4H3. The van der Waals surface area contributed by atoms with E-state index in [1.165, 1.54) is 0 Å². The van der Waals surface area contributed by atoms with Gasteiger partial charge in [0.05, 0.1) is 7.11 Å². The van der Waals surface area contributed by atoms with Crippen LogP contribution in [0.3, 0.4) is 0 Å². The molecule has 0 saturated carbocycles. The second-order valence-electron chi connectivity index (χ2n) is 6.02. The van der Waals surface area contributed by atoms with Gasteiger partial charge in [-0.3, -0.25) is 4.79 Å². The topological polar surface area (TPSA) is 69.0 Å². The van der Waals surface area contributed by atoms with Crippen molar-refractivity contribution in [1.29, 1.82) is 0 Å². The third kappa shape index (κ3) is 4.60. The normalized spacial score (nSPS) is 10.9. The van der Waals surface area contributed by atoms with Crippen LogP contribution in [0.15, 0.2) is 27.4 Å². The lowest BCUT2D eigenvalue weighted by molar-refractivity contribution is -0.130. The molecule has 0 unspecified atom stereocenters. The summed E-state index contributed by atoms with van der Waals surface area (Å²) >= 11 is 0. The van der Waals surface area contributed by atoms with Crippen molar-refractivity contribution >= 4 is 16.9 Å². The molecule has 0 radical (unpaired) electrons. The number of hydrogen-bond donors (Lipinski definition) is 0. The first-order chi connectivity index (χ1) is 12.0. The number of amides is 1. The van der Waals surface area contributed by atoms with E-state index in [4.69, 9.17) is 13.9 Å². The summed E-state index contributed by atoms with van der Waals surface area (Å²) < 4.78 is 15.6. The largest absolute Gasteiger partial charge is 0.497 e. The summed E-state index contributed by atoms with van der Waals surface area (Å²) in [4.78, 5) is 26.2. The lowest BCUT2D eigenvalue weighted by Gasteiger charge is -2.17. The van der Waals surface area contributed by atoms with Gasteiger partial charge in [0.1, 0.15) is 11.3 Å². The van der Waals surface area contributed by atoms with Gasteiger partial charge in [-0.05, 0) is 37.5 Å². The van der Waals surface area contributed by atoms with Crippen LogP contribution in [0.4, 0.5) is 0 Å². The summed E-state index contributed by atoms with van der Waals surface area (Å²) in [5.74, 6) is 0.639. The van der Waals surface area contributed by atoms with Crippen LogP contribution in [0.25, 0.3) is 11.0 Å². The van der Waals surface area contributed by atoms with Gasteiger partial charge in [0.15, 0.2) is 0 Å². The molecule has 6 nitrogen and oxygen atoms in total. The molecular weight excluding hydrogens is 322 g/mol. The number of ether oxygens (including phenoxy) is 2. The Bertz CT molecular complexity index is 796. The minimum absolute atomic E-state index is 0.00438. The van der Waals surface area contributed by atoms with Crippen LogP contribution in [0.2, 0.25) is 0 Å². The van der Waals surface area contributed by atoms with Crippen LogP contribution >= 0.6 is 0 Å². The van der Waals surface area contributed by atoms with Crippen molar-refractivity contribution in [3.8, 4) is 5.75 Å². The Balaban J connectivity index is 2.13. The zero-order chi connectivity index (χ0) is 18.4. The average molecular weight is 347 g/mol. The van der Waals surface area contributed by atoms with E-state index in [2.05, 4.69) is 0 Å². The summed E-state index contributed by atoms with van der Waals surface area (Å²) in [6.45, 7) is 3.14. The Morgan fingerprint density at radius 1 is 1.28 bits per heavy atom. The number of benzene rings is 1. The molecule has 0 atom stereocenters. The van der Waals surface area contributed by atoms with Gasteiger partial charge in [0.25, 0.3) is 0 Å². The van der Waals surface area contributed by atoms with Gasteiger partial charge in [-0.2, -0.15) is 0 Å². The van der Waals surface area contributed by atoms with Gasteiger partial charge in [0, 0.05) is 50.7 Å². The number of rotatable bonds is 8. The summed E-state index contributed by atoms with van der Waals surface area (Å²) in [6.07, 6.45) is 1.43. The number of hydrogen-bond acceptors (Lipinski definition) is 5. The molecule has 0 aliphatic carbocycles. The average Bonchev–Trinajstić information content (AvgIpc) is 2.60. The van der Waals surface area contributed by atoms with Gasteiger partial charge in [0.2, 0.25) is 5.91 Å². The van der Waals surface area contributed by atoms with Crippen molar-refractivity contribution in [3.05, 3.63) is 39.7 Å². The summed E-state index contributed by atoms with van der Waals surface area (Å²) in [5, 5.41) is 0.858. The molecule has 1 aromatic carbocycles. The maximum absolute atomic E-state index is 12.3. The summed E-state index contributed by atoms with van der Waals surface area (Å²) in [6, 6.07) is 5.39. The highest BCUT2D eigenvalue weighted by Gasteiger charge is 2.15. The highest BCUT2D eigenvalue weighted by atomic mass is 16.5. The minimum Gasteiger partial charge on any atom is -0.497 e. The number of nitrogens with zero attached hydrogens (tertiary/aromatic N) is 1. The second kappa shape index (κ2) is 8.67. The van der Waals surface area contributed by atoms with Crippen molar-refractivity contribution in [2.24, 2.45) is 0 Å². The predicted octanol–water partition coefficient (Wildman–Crippen LogP) is 2.54. The highest BCUT2D eigenvalue weighted by molar-refractivity contribution is 5.82. The third-order valence-electron chi connectivity index (χ3n) is 4.35. The van der Waals surface area contributed by atoms with Crippen LogP contribution in [0.1, 0.15) is 24.0 Å². The number of methoxy groups -OCH3 is 2. The van der Waals surface area contributed by atoms with Crippen LogP contribution in [-0.2, 0) is 16.0 Å². The maximum Gasteiger partial charge on any atom is 0.339 e. The number of carbonyl (C=O) groups excluding carboxylic acids is 1. The van der Waals surface area contributed by atoms with Crippen LogP contribution in [0.5, 0.6) is 5.75 Å². The van der Waals surface area contributed by atoms with E-state index < -0.39 is 5.63 Å². The molecule has 2 rings (SSSR count). The van der Waals surface area contributed by atoms with Crippen LogP contribution in [0, 0.1) is 6.92 Å². The first-order valence-electron chi connectivity index (χ1n) is 8.31. The van der Waals surface area contributed by atoms with Gasteiger partial charge in [-0.25, -0.2) is 4.79 Å². The van der Waals surface area contributed by atoms with Crippen LogP contribution < -0.4 is 10.4 Å². The van der Waals surface area contributed by atoms with E-state index in [1.54, 1.807) is 32.2 Å². The SMILES string of the molecule is COCCCN(C)C(=O)CCc1c(C)c2ccc(OC)cc2oc1=O. The molecule has 0 N–H and O–H groups in total. The number of aryl methyl sites for hydroxylation is 1. The molecule has 1 heterocycles. The molecule has 6 heteroatoms. The van der Waals surface area contributed by atoms with E-state index in [0.717, 1.165) is 17.4 Å². The molecule has 1 aromatic heterocycles. The molecule has 136 valence electrons. The predicted molar refractivity (Wildman–Crippen MR) is 96.2 cm³/mol. The van der Waals surface area contributed by atoms with Gasteiger partial charge >= 0.3 is 5.63 Å². The zero-order valence-electron chi connectivity index (χ0n) is 15.3. The Kier molecular flexibility index (Phi) is 6.58. The second-order valence-corrected chi connectivity index (χ2v) is 6.02. The highest BCUT2D eigenvalue weighted by Crippen LogP contribution is 2.24. The summed E-state index contributed by atoms with van der Waals surface area (Å²) in [5.41, 5.74) is 1.50. The number of carbonyl (C=O) groups is 1. The zero-order valence-corrected chi connectivity index (χ0v) is 15.3. The molecule has 0 bridgehead atoms. The van der Waals surface area contributed by atoms with Crippen LogP contribution in [-0.4, -0.2) is 45.2 Å². The van der Waals surface area contributed by atoms with E-state index in [0.29, 0.717) is 36.5 Å². The summed E-state index contributed by atoms with van der Waals surface area (Å²) in [7, 11) is 4.97. The molecule has 0 saturated heterocycles. The molecule has 0 spiro atoms. The van der Waals surface area contributed by atoms with E-state index in [1.807, 2.05) is 19.1 Å². The maximum atomic E-state index is 12.3. The Morgan fingerprint density at radius 2 is 2.04 bits per heavy atom. The fourth-order valence-electron chi connectivity index (χ4n) is 2.78. The molecule has 0 aliphatic rings. The van der Waals surface area contributed by atoms with Gasteiger partial charge in [-0.1, -0.05) is 0 Å². The quantitative estimate of drug-likeness (QED) is 0.542. The third-order valence-corrected chi connectivity index (χ3v) is 4.35. The lowest BCUT2D eigenvalue weighted by Crippen LogP contribution is -2.29. The Labute approximate surface area is 147 Å². The molecular formula is C19H25NO5. The van der Waals surface area contributed by atoms with Crippen molar-refractivity contribution in [2.75, 3.05) is 34.4 Å². The Hall–Kier alpha value is -2.34. The van der Waals surface area contributed by atoms with E-state index in [9.17, 15) is 9.59 Å². The smallest absolute Gasteiger partial charge is 0.339 e. The fraction of sp³-hybridized carbons (Fsp3) is 0.474. The number of fused-ring (bicyclic) bond motifs is 1. The molecule has 0 fully saturated rings.